The van der Waals surface area contributed by atoms with Crippen molar-refractivity contribution in [2.24, 2.45) is 0 Å². The summed E-state index contributed by atoms with van der Waals surface area (Å²) in [5, 5.41) is 0. The highest BCUT2D eigenvalue weighted by Crippen LogP contribution is 2.33. The van der Waals surface area contributed by atoms with E-state index in [0.29, 0.717) is 12.0 Å². The Morgan fingerprint density at radius 1 is 0.963 bits per heavy atom. The average Bonchev–Trinajstić information content (AvgIpc) is 2.65. The van der Waals surface area contributed by atoms with Crippen molar-refractivity contribution >= 4 is 0 Å². The van der Waals surface area contributed by atoms with Crippen molar-refractivity contribution in [2.45, 2.75) is 52.1 Å². The van der Waals surface area contributed by atoms with E-state index in [-0.39, 0.29) is 0 Å². The van der Waals surface area contributed by atoms with Gasteiger partial charge in [-0.05, 0) is 66.5 Å². The summed E-state index contributed by atoms with van der Waals surface area (Å²) in [5.74, 6) is 1.20. The van der Waals surface area contributed by atoms with E-state index in [9.17, 15) is 0 Å². The lowest BCUT2D eigenvalue weighted by Gasteiger charge is -2.25. The Balaban J connectivity index is 1.60. The molecule has 138 valence electrons. The molecule has 1 aliphatic rings. The molecule has 0 aliphatic heterocycles. The molecule has 2 aromatic heterocycles. The molecule has 0 spiro atoms. The zero-order valence-corrected chi connectivity index (χ0v) is 16.3. The minimum atomic E-state index is 0.361. The van der Waals surface area contributed by atoms with Gasteiger partial charge >= 0.3 is 0 Å². The van der Waals surface area contributed by atoms with Crippen LogP contribution in [0.5, 0.6) is 5.88 Å². The largest absolute Gasteiger partial charge is 0.474 e. The van der Waals surface area contributed by atoms with Gasteiger partial charge in [-0.15, -0.1) is 0 Å². The number of nitrogens with zero attached hydrogens (tertiary/aromatic N) is 2. The van der Waals surface area contributed by atoms with Gasteiger partial charge in [-0.1, -0.05) is 32.0 Å². The van der Waals surface area contributed by atoms with Crippen LogP contribution in [0.2, 0.25) is 0 Å². The van der Waals surface area contributed by atoms with E-state index in [1.807, 2.05) is 24.7 Å². The SMILES string of the molecule is Cc1cc(-c2ccc(OC3CCC3)nc2)ccc1-c1cnccc1C(C)C. The zero-order chi connectivity index (χ0) is 18.8. The summed E-state index contributed by atoms with van der Waals surface area (Å²) >= 11 is 0. The summed E-state index contributed by atoms with van der Waals surface area (Å²) in [6.07, 6.45) is 9.69. The first-order valence-corrected chi connectivity index (χ1v) is 9.80. The first-order valence-electron chi connectivity index (χ1n) is 9.80. The second kappa shape index (κ2) is 7.51. The lowest BCUT2D eigenvalue weighted by atomic mass is 9.91. The van der Waals surface area contributed by atoms with E-state index < -0.39 is 0 Å². The molecule has 1 aromatic carbocycles. The second-order valence-electron chi connectivity index (χ2n) is 7.70. The molecule has 1 fully saturated rings. The molecule has 2 heterocycles. The van der Waals surface area contributed by atoms with Crippen molar-refractivity contribution in [1.82, 2.24) is 9.97 Å². The van der Waals surface area contributed by atoms with Crippen LogP contribution in [0.25, 0.3) is 22.3 Å². The van der Waals surface area contributed by atoms with Crippen LogP contribution in [-0.4, -0.2) is 16.1 Å². The van der Waals surface area contributed by atoms with Crippen molar-refractivity contribution in [1.29, 1.82) is 0 Å². The fraction of sp³-hybridized carbons (Fsp3) is 0.333. The van der Waals surface area contributed by atoms with Gasteiger partial charge in [0.15, 0.2) is 0 Å². The number of benzene rings is 1. The number of hydrogen-bond acceptors (Lipinski definition) is 3. The van der Waals surface area contributed by atoms with E-state index in [1.165, 1.54) is 34.2 Å². The van der Waals surface area contributed by atoms with Gasteiger partial charge in [0.05, 0.1) is 0 Å². The minimum absolute atomic E-state index is 0.361. The predicted molar refractivity (Wildman–Crippen MR) is 110 cm³/mol. The number of rotatable bonds is 5. The van der Waals surface area contributed by atoms with E-state index in [4.69, 9.17) is 4.74 Å². The van der Waals surface area contributed by atoms with Crippen molar-refractivity contribution in [3.63, 3.8) is 0 Å². The van der Waals surface area contributed by atoms with E-state index >= 15 is 0 Å². The lowest BCUT2D eigenvalue weighted by Crippen LogP contribution is -2.24. The summed E-state index contributed by atoms with van der Waals surface area (Å²) in [6.45, 7) is 6.61. The fourth-order valence-electron chi connectivity index (χ4n) is 3.56. The molecule has 1 aliphatic carbocycles. The molecule has 0 amide bonds. The molecule has 0 bridgehead atoms. The van der Waals surface area contributed by atoms with Gasteiger partial charge in [-0.25, -0.2) is 4.98 Å². The molecule has 3 heteroatoms. The van der Waals surface area contributed by atoms with Crippen molar-refractivity contribution in [3.8, 4) is 28.1 Å². The lowest BCUT2D eigenvalue weighted by molar-refractivity contribution is 0.114. The van der Waals surface area contributed by atoms with Gasteiger partial charge in [-0.2, -0.15) is 0 Å². The summed E-state index contributed by atoms with van der Waals surface area (Å²) in [7, 11) is 0. The van der Waals surface area contributed by atoms with Gasteiger partial charge in [-0.3, -0.25) is 4.98 Å². The number of hydrogen-bond donors (Lipinski definition) is 0. The number of pyridine rings is 2. The molecule has 0 atom stereocenters. The molecule has 3 aromatic rings. The van der Waals surface area contributed by atoms with Gasteiger partial charge in [0, 0.05) is 35.8 Å². The summed E-state index contributed by atoms with van der Waals surface area (Å²) in [5.41, 5.74) is 7.33. The Labute approximate surface area is 161 Å². The van der Waals surface area contributed by atoms with Crippen LogP contribution in [0.4, 0.5) is 0 Å². The Morgan fingerprint density at radius 2 is 1.78 bits per heavy atom. The van der Waals surface area contributed by atoms with Crippen LogP contribution in [0.1, 0.15) is 50.2 Å². The Bertz CT molecular complexity index is 927. The standard InChI is InChI=1S/C24H26N2O/c1-16(2)21-11-12-25-15-23(21)22-9-7-18(13-17(22)3)19-8-10-24(26-14-19)27-20-5-4-6-20/h7-16,20H,4-6H2,1-3H3. The van der Waals surface area contributed by atoms with E-state index in [2.05, 4.69) is 61.1 Å². The fourth-order valence-corrected chi connectivity index (χ4v) is 3.56. The molecule has 0 saturated heterocycles. The summed E-state index contributed by atoms with van der Waals surface area (Å²) in [4.78, 5) is 8.84. The van der Waals surface area contributed by atoms with Gasteiger partial charge < -0.3 is 4.74 Å². The van der Waals surface area contributed by atoms with E-state index in [0.717, 1.165) is 24.3 Å². The molecule has 0 unspecified atom stereocenters. The molecule has 3 nitrogen and oxygen atoms in total. The van der Waals surface area contributed by atoms with Gasteiger partial charge in [0.25, 0.3) is 0 Å². The average molecular weight is 358 g/mol. The van der Waals surface area contributed by atoms with Crippen LogP contribution in [0.15, 0.2) is 55.0 Å². The normalized spacial score (nSPS) is 14.2. The summed E-state index contributed by atoms with van der Waals surface area (Å²) in [6, 6.07) is 12.8. The van der Waals surface area contributed by atoms with Crippen LogP contribution < -0.4 is 4.74 Å². The van der Waals surface area contributed by atoms with Crippen LogP contribution in [-0.2, 0) is 0 Å². The first-order chi connectivity index (χ1) is 13.1. The number of ether oxygens (including phenoxy) is 1. The monoisotopic (exact) mass is 358 g/mol. The molecule has 1 saturated carbocycles. The molecule has 0 N–H and O–H groups in total. The van der Waals surface area contributed by atoms with Crippen molar-refractivity contribution in [2.75, 3.05) is 0 Å². The Hall–Kier alpha value is -2.68. The maximum atomic E-state index is 5.86. The second-order valence-corrected chi connectivity index (χ2v) is 7.70. The van der Waals surface area contributed by atoms with Gasteiger partial charge in [0.2, 0.25) is 5.88 Å². The topological polar surface area (TPSA) is 35.0 Å². The van der Waals surface area contributed by atoms with Crippen molar-refractivity contribution < 1.29 is 4.74 Å². The first kappa shape index (κ1) is 17.7. The minimum Gasteiger partial charge on any atom is -0.474 e. The summed E-state index contributed by atoms with van der Waals surface area (Å²) < 4.78 is 5.86. The predicted octanol–water partition coefficient (Wildman–Crippen LogP) is 6.17. The zero-order valence-electron chi connectivity index (χ0n) is 16.3. The van der Waals surface area contributed by atoms with Crippen LogP contribution in [0, 0.1) is 6.92 Å². The molecule has 4 rings (SSSR count). The highest BCUT2D eigenvalue weighted by Gasteiger charge is 2.19. The molecule has 27 heavy (non-hydrogen) atoms. The third kappa shape index (κ3) is 3.73. The highest BCUT2D eigenvalue weighted by atomic mass is 16.5. The maximum Gasteiger partial charge on any atom is 0.213 e. The van der Waals surface area contributed by atoms with Gasteiger partial charge in [0.1, 0.15) is 6.10 Å². The van der Waals surface area contributed by atoms with E-state index in [1.54, 1.807) is 0 Å². The number of aromatic nitrogens is 2. The Kier molecular flexibility index (Phi) is 4.93. The third-order valence-electron chi connectivity index (χ3n) is 5.40. The molecule has 0 radical (unpaired) electrons. The molecular weight excluding hydrogens is 332 g/mol. The highest BCUT2D eigenvalue weighted by molar-refractivity contribution is 5.75. The van der Waals surface area contributed by atoms with Crippen LogP contribution in [0.3, 0.4) is 0 Å². The van der Waals surface area contributed by atoms with Crippen molar-refractivity contribution in [3.05, 3.63) is 66.1 Å². The molecular formula is C24H26N2O. The smallest absolute Gasteiger partial charge is 0.213 e. The maximum absolute atomic E-state index is 5.86. The Morgan fingerprint density at radius 3 is 2.41 bits per heavy atom. The number of aryl methyl sites for hydroxylation is 1. The quantitative estimate of drug-likeness (QED) is 0.547. The van der Waals surface area contributed by atoms with Crippen LogP contribution >= 0.6 is 0 Å². The third-order valence-corrected chi connectivity index (χ3v) is 5.40.